The lowest BCUT2D eigenvalue weighted by Gasteiger charge is -2.21. The van der Waals surface area contributed by atoms with E-state index in [-0.39, 0.29) is 24.6 Å². The lowest BCUT2D eigenvalue weighted by atomic mass is 10.2. The van der Waals surface area contributed by atoms with Gasteiger partial charge in [0.1, 0.15) is 5.82 Å². The van der Waals surface area contributed by atoms with Crippen LogP contribution in [0.25, 0.3) is 10.9 Å². The molecule has 1 atom stereocenters. The molecule has 0 aliphatic carbocycles. The zero-order valence-corrected chi connectivity index (χ0v) is 11.3. The van der Waals surface area contributed by atoms with E-state index in [1.807, 2.05) is 6.07 Å². The first-order valence-corrected chi connectivity index (χ1v) is 6.69. The molecular formula is C14H15N3O4. The fourth-order valence-electron chi connectivity index (χ4n) is 2.14. The molecule has 0 bridgehead atoms. The molecule has 110 valence electrons. The van der Waals surface area contributed by atoms with Gasteiger partial charge in [-0.05, 0) is 12.1 Å². The van der Waals surface area contributed by atoms with Crippen molar-refractivity contribution in [2.45, 2.75) is 12.6 Å². The summed E-state index contributed by atoms with van der Waals surface area (Å²) in [7, 11) is 0. The van der Waals surface area contributed by atoms with Gasteiger partial charge in [0.2, 0.25) is 0 Å². The zero-order valence-electron chi connectivity index (χ0n) is 11.3. The number of hydrogen-bond donors (Lipinski definition) is 2. The van der Waals surface area contributed by atoms with E-state index in [9.17, 15) is 9.59 Å². The van der Waals surface area contributed by atoms with Gasteiger partial charge < -0.3 is 19.8 Å². The summed E-state index contributed by atoms with van der Waals surface area (Å²) in [6.45, 7) is 1.29. The monoisotopic (exact) mass is 289 g/mol. The first-order valence-electron chi connectivity index (χ1n) is 6.69. The highest BCUT2D eigenvalue weighted by Crippen LogP contribution is 2.06. The summed E-state index contributed by atoms with van der Waals surface area (Å²) < 4.78 is 10.5. The predicted molar refractivity (Wildman–Crippen MR) is 74.8 cm³/mol. The average Bonchev–Trinajstić information content (AvgIpc) is 2.53. The number of ether oxygens (including phenoxy) is 2. The van der Waals surface area contributed by atoms with Crippen LogP contribution < -0.4 is 10.9 Å². The molecule has 1 saturated heterocycles. The number of aromatic nitrogens is 2. The largest absolute Gasteiger partial charge is 0.376 e. The summed E-state index contributed by atoms with van der Waals surface area (Å²) in [4.78, 5) is 30.7. The molecule has 21 heavy (non-hydrogen) atoms. The first-order chi connectivity index (χ1) is 10.2. The Bertz CT molecular complexity index is 707. The maximum atomic E-state index is 11.9. The SMILES string of the molecule is O=C(NCc1nc2ccccc2c(=O)[nH]1)C1COCCO1. The van der Waals surface area contributed by atoms with Crippen LogP contribution in [0.4, 0.5) is 0 Å². The third-order valence-corrected chi connectivity index (χ3v) is 3.20. The third kappa shape index (κ3) is 3.09. The number of fused-ring (bicyclic) bond motifs is 1. The molecule has 7 nitrogen and oxygen atoms in total. The van der Waals surface area contributed by atoms with E-state index in [2.05, 4.69) is 15.3 Å². The Kier molecular flexibility index (Phi) is 3.94. The molecule has 2 N–H and O–H groups in total. The van der Waals surface area contributed by atoms with Crippen LogP contribution in [0.2, 0.25) is 0 Å². The van der Waals surface area contributed by atoms with Crippen LogP contribution in [0.3, 0.4) is 0 Å². The van der Waals surface area contributed by atoms with Crippen LogP contribution in [0.5, 0.6) is 0 Å². The first kappa shape index (κ1) is 13.7. The number of nitrogens with zero attached hydrogens (tertiary/aromatic N) is 1. The second kappa shape index (κ2) is 6.02. The Morgan fingerprint density at radius 3 is 3.05 bits per heavy atom. The summed E-state index contributed by atoms with van der Waals surface area (Å²) in [5.41, 5.74) is 0.379. The molecule has 1 unspecified atom stereocenters. The quantitative estimate of drug-likeness (QED) is 0.826. The second-order valence-corrected chi connectivity index (χ2v) is 4.68. The summed E-state index contributed by atoms with van der Waals surface area (Å²) in [5.74, 6) is 0.134. The number of hydrogen-bond acceptors (Lipinski definition) is 5. The van der Waals surface area contributed by atoms with E-state index in [4.69, 9.17) is 9.47 Å². The molecule has 1 amide bonds. The average molecular weight is 289 g/mol. The number of carbonyl (C=O) groups excluding carboxylic acids is 1. The van der Waals surface area contributed by atoms with Crippen molar-refractivity contribution < 1.29 is 14.3 Å². The Morgan fingerprint density at radius 2 is 2.24 bits per heavy atom. The molecule has 2 heterocycles. The van der Waals surface area contributed by atoms with E-state index in [1.54, 1.807) is 18.2 Å². The van der Waals surface area contributed by atoms with Gasteiger partial charge in [-0.15, -0.1) is 0 Å². The number of para-hydroxylation sites is 1. The molecule has 1 aliphatic rings. The molecule has 1 aromatic carbocycles. The Hall–Kier alpha value is -2.25. The van der Waals surface area contributed by atoms with Crippen molar-refractivity contribution in [3.8, 4) is 0 Å². The fourth-order valence-corrected chi connectivity index (χ4v) is 2.14. The number of rotatable bonds is 3. The molecule has 0 spiro atoms. The van der Waals surface area contributed by atoms with E-state index >= 15 is 0 Å². The zero-order chi connectivity index (χ0) is 14.7. The highest BCUT2D eigenvalue weighted by atomic mass is 16.6. The van der Waals surface area contributed by atoms with Gasteiger partial charge in [-0.25, -0.2) is 4.98 Å². The van der Waals surface area contributed by atoms with Gasteiger partial charge in [0.25, 0.3) is 11.5 Å². The fraction of sp³-hybridized carbons (Fsp3) is 0.357. The van der Waals surface area contributed by atoms with Crippen molar-refractivity contribution in [2.24, 2.45) is 0 Å². The van der Waals surface area contributed by atoms with Crippen molar-refractivity contribution in [3.63, 3.8) is 0 Å². The van der Waals surface area contributed by atoms with Crippen LogP contribution in [0, 0.1) is 0 Å². The van der Waals surface area contributed by atoms with E-state index in [0.29, 0.717) is 29.9 Å². The Labute approximate surface area is 120 Å². The Morgan fingerprint density at radius 1 is 1.38 bits per heavy atom. The number of aromatic amines is 1. The van der Waals surface area contributed by atoms with E-state index in [1.165, 1.54) is 0 Å². The molecular weight excluding hydrogens is 274 g/mol. The summed E-state index contributed by atoms with van der Waals surface area (Å²) in [6, 6.07) is 7.05. The molecule has 2 aromatic rings. The highest BCUT2D eigenvalue weighted by Gasteiger charge is 2.22. The van der Waals surface area contributed by atoms with Crippen LogP contribution in [0.15, 0.2) is 29.1 Å². The van der Waals surface area contributed by atoms with Crippen LogP contribution in [-0.4, -0.2) is 41.8 Å². The van der Waals surface area contributed by atoms with Crippen molar-refractivity contribution in [1.29, 1.82) is 0 Å². The van der Waals surface area contributed by atoms with Crippen molar-refractivity contribution >= 4 is 16.8 Å². The number of H-pyrrole nitrogens is 1. The van der Waals surface area contributed by atoms with Crippen molar-refractivity contribution in [3.05, 3.63) is 40.4 Å². The topological polar surface area (TPSA) is 93.3 Å². The van der Waals surface area contributed by atoms with Gasteiger partial charge in [-0.1, -0.05) is 12.1 Å². The molecule has 1 aliphatic heterocycles. The molecule has 1 aromatic heterocycles. The van der Waals surface area contributed by atoms with Gasteiger partial charge in [0.05, 0.1) is 37.3 Å². The summed E-state index contributed by atoms with van der Waals surface area (Å²) >= 11 is 0. The van der Waals surface area contributed by atoms with Crippen LogP contribution in [-0.2, 0) is 20.8 Å². The molecule has 7 heteroatoms. The minimum atomic E-state index is -0.606. The van der Waals surface area contributed by atoms with Crippen LogP contribution in [0.1, 0.15) is 5.82 Å². The van der Waals surface area contributed by atoms with Gasteiger partial charge >= 0.3 is 0 Å². The van der Waals surface area contributed by atoms with Gasteiger partial charge in [0, 0.05) is 0 Å². The van der Waals surface area contributed by atoms with E-state index in [0.717, 1.165) is 0 Å². The minimum absolute atomic E-state index is 0.138. The van der Waals surface area contributed by atoms with Crippen molar-refractivity contribution in [1.82, 2.24) is 15.3 Å². The lowest BCUT2D eigenvalue weighted by Crippen LogP contribution is -2.42. The standard InChI is InChI=1S/C14H15N3O4/c18-13-9-3-1-2-4-10(9)16-12(17-13)7-15-14(19)11-8-20-5-6-21-11/h1-4,11H,5-8H2,(H,15,19)(H,16,17,18). The number of benzene rings is 1. The third-order valence-electron chi connectivity index (χ3n) is 3.20. The van der Waals surface area contributed by atoms with Crippen LogP contribution >= 0.6 is 0 Å². The normalized spacial score (nSPS) is 18.6. The molecule has 0 saturated carbocycles. The second-order valence-electron chi connectivity index (χ2n) is 4.68. The lowest BCUT2D eigenvalue weighted by molar-refractivity contribution is -0.147. The maximum Gasteiger partial charge on any atom is 0.258 e. The number of carbonyl (C=O) groups is 1. The predicted octanol–water partition coefficient (Wildman–Crippen LogP) is -0.0453. The number of nitrogens with one attached hydrogen (secondary N) is 2. The van der Waals surface area contributed by atoms with Gasteiger partial charge in [-0.2, -0.15) is 0 Å². The summed E-state index contributed by atoms with van der Waals surface area (Å²) in [5, 5.41) is 3.21. The molecule has 1 fully saturated rings. The van der Waals surface area contributed by atoms with Crippen molar-refractivity contribution in [2.75, 3.05) is 19.8 Å². The summed E-state index contributed by atoms with van der Waals surface area (Å²) in [6.07, 6.45) is -0.606. The van der Waals surface area contributed by atoms with E-state index < -0.39 is 6.10 Å². The smallest absolute Gasteiger partial charge is 0.258 e. The highest BCUT2D eigenvalue weighted by molar-refractivity contribution is 5.81. The minimum Gasteiger partial charge on any atom is -0.376 e. The molecule has 0 radical (unpaired) electrons. The Balaban J connectivity index is 1.70. The van der Waals surface area contributed by atoms with Gasteiger partial charge in [-0.3, -0.25) is 9.59 Å². The number of amides is 1. The molecule has 3 rings (SSSR count). The van der Waals surface area contributed by atoms with Gasteiger partial charge in [0.15, 0.2) is 6.10 Å². The maximum absolute atomic E-state index is 11.9.